The summed E-state index contributed by atoms with van der Waals surface area (Å²) in [5.41, 5.74) is 0.786. The first-order valence-corrected chi connectivity index (χ1v) is 9.71. The van der Waals surface area contributed by atoms with E-state index in [1.165, 1.54) is 11.8 Å². The highest BCUT2D eigenvalue weighted by Crippen LogP contribution is 2.32. The van der Waals surface area contributed by atoms with Crippen LogP contribution >= 0.6 is 11.8 Å². The minimum atomic E-state index is 0.0686. The molecule has 0 N–H and O–H groups in total. The zero-order valence-electron chi connectivity index (χ0n) is 15.6. The fourth-order valence-electron chi connectivity index (χ4n) is 2.75. The molecule has 27 heavy (non-hydrogen) atoms. The number of amides is 1. The van der Waals surface area contributed by atoms with Crippen LogP contribution in [0.2, 0.25) is 0 Å². The molecule has 0 aliphatic carbocycles. The minimum absolute atomic E-state index is 0.0686. The van der Waals surface area contributed by atoms with Gasteiger partial charge < -0.3 is 14.1 Å². The lowest BCUT2D eigenvalue weighted by molar-refractivity contribution is -0.127. The first-order chi connectivity index (χ1) is 13.2. The number of para-hydroxylation sites is 2. The average Bonchev–Trinajstić information content (AvgIpc) is 3.36. The Morgan fingerprint density at radius 3 is 2.63 bits per heavy atom. The largest absolute Gasteiger partial charge is 0.495 e. The molecule has 0 fully saturated rings. The third-order valence-electron chi connectivity index (χ3n) is 4.14. The number of rotatable bonds is 8. The van der Waals surface area contributed by atoms with Crippen molar-refractivity contribution in [2.75, 3.05) is 26.0 Å². The minimum Gasteiger partial charge on any atom is -0.495 e. The number of thioether (sulfide) groups is 1. The van der Waals surface area contributed by atoms with Crippen molar-refractivity contribution in [1.82, 2.24) is 19.7 Å². The number of hydrogen-bond donors (Lipinski definition) is 0. The predicted molar refractivity (Wildman–Crippen MR) is 104 cm³/mol. The first-order valence-electron chi connectivity index (χ1n) is 8.72. The van der Waals surface area contributed by atoms with Gasteiger partial charge in [0.1, 0.15) is 5.75 Å². The summed E-state index contributed by atoms with van der Waals surface area (Å²) in [5, 5.41) is 9.19. The van der Waals surface area contributed by atoms with E-state index in [0.717, 1.165) is 5.69 Å². The SMILES string of the molecule is CCN(CC)C(=O)CSc1nnc(-c2ccco2)n1-c1ccccc1OC. The summed E-state index contributed by atoms with van der Waals surface area (Å²) < 4.78 is 12.9. The van der Waals surface area contributed by atoms with Crippen molar-refractivity contribution in [2.45, 2.75) is 19.0 Å². The Labute approximate surface area is 162 Å². The maximum atomic E-state index is 12.4. The van der Waals surface area contributed by atoms with E-state index >= 15 is 0 Å². The predicted octanol–water partition coefficient (Wildman–Crippen LogP) is 3.50. The van der Waals surface area contributed by atoms with Gasteiger partial charge in [0.2, 0.25) is 11.7 Å². The van der Waals surface area contributed by atoms with Crippen molar-refractivity contribution < 1.29 is 13.9 Å². The normalized spacial score (nSPS) is 10.8. The van der Waals surface area contributed by atoms with Crippen LogP contribution in [0.4, 0.5) is 0 Å². The second-order valence-electron chi connectivity index (χ2n) is 5.65. The molecule has 7 nitrogen and oxygen atoms in total. The molecular formula is C19H22N4O3S. The van der Waals surface area contributed by atoms with Crippen molar-refractivity contribution in [3.8, 4) is 23.0 Å². The van der Waals surface area contributed by atoms with E-state index in [4.69, 9.17) is 9.15 Å². The number of methoxy groups -OCH3 is 1. The number of benzene rings is 1. The standard InChI is InChI=1S/C19H22N4O3S/c1-4-22(5-2)17(24)13-27-19-21-20-18(16-11-8-12-26-16)23(19)14-9-6-7-10-15(14)25-3/h6-12H,4-5,13H2,1-3H3. The van der Waals surface area contributed by atoms with Gasteiger partial charge in [0.15, 0.2) is 10.9 Å². The lowest BCUT2D eigenvalue weighted by atomic mass is 10.3. The number of carbonyl (C=O) groups excluding carboxylic acids is 1. The topological polar surface area (TPSA) is 73.4 Å². The number of carbonyl (C=O) groups is 1. The molecule has 1 amide bonds. The smallest absolute Gasteiger partial charge is 0.233 e. The highest BCUT2D eigenvalue weighted by molar-refractivity contribution is 7.99. The van der Waals surface area contributed by atoms with E-state index in [2.05, 4.69) is 10.2 Å². The molecule has 1 aromatic carbocycles. The van der Waals surface area contributed by atoms with Gasteiger partial charge in [-0.25, -0.2) is 0 Å². The highest BCUT2D eigenvalue weighted by Gasteiger charge is 2.21. The molecule has 2 aromatic heterocycles. The Kier molecular flexibility index (Phi) is 6.18. The molecule has 0 saturated heterocycles. The Morgan fingerprint density at radius 2 is 1.96 bits per heavy atom. The summed E-state index contributed by atoms with van der Waals surface area (Å²) >= 11 is 1.35. The maximum Gasteiger partial charge on any atom is 0.233 e. The Hall–Kier alpha value is -2.74. The van der Waals surface area contributed by atoms with E-state index in [1.54, 1.807) is 24.3 Å². The van der Waals surface area contributed by atoms with Crippen molar-refractivity contribution >= 4 is 17.7 Å². The van der Waals surface area contributed by atoms with Crippen molar-refractivity contribution in [3.63, 3.8) is 0 Å². The van der Waals surface area contributed by atoms with Crippen LogP contribution in [0, 0.1) is 0 Å². The van der Waals surface area contributed by atoms with E-state index in [9.17, 15) is 4.79 Å². The van der Waals surface area contributed by atoms with Crippen molar-refractivity contribution in [3.05, 3.63) is 42.7 Å². The summed E-state index contributed by atoms with van der Waals surface area (Å²) in [6.07, 6.45) is 1.59. The average molecular weight is 386 g/mol. The van der Waals surface area contributed by atoms with Gasteiger partial charge in [0.05, 0.1) is 24.8 Å². The quantitative estimate of drug-likeness (QED) is 0.552. The van der Waals surface area contributed by atoms with Crippen LogP contribution < -0.4 is 4.74 Å². The lowest BCUT2D eigenvalue weighted by Gasteiger charge is -2.18. The molecular weight excluding hydrogens is 364 g/mol. The number of aromatic nitrogens is 3. The van der Waals surface area contributed by atoms with Gasteiger partial charge in [-0.2, -0.15) is 0 Å². The molecule has 0 bridgehead atoms. The van der Waals surface area contributed by atoms with Crippen LogP contribution in [-0.2, 0) is 4.79 Å². The van der Waals surface area contributed by atoms with Gasteiger partial charge in [-0.1, -0.05) is 23.9 Å². The molecule has 0 aliphatic heterocycles. The molecule has 8 heteroatoms. The van der Waals surface area contributed by atoms with E-state index in [-0.39, 0.29) is 11.7 Å². The number of nitrogens with zero attached hydrogens (tertiary/aromatic N) is 4. The van der Waals surface area contributed by atoms with Gasteiger partial charge in [-0.05, 0) is 38.1 Å². The molecule has 0 spiro atoms. The third-order valence-corrected chi connectivity index (χ3v) is 5.06. The molecule has 2 heterocycles. The number of hydrogen-bond acceptors (Lipinski definition) is 6. The van der Waals surface area contributed by atoms with Gasteiger partial charge in [-0.3, -0.25) is 9.36 Å². The highest BCUT2D eigenvalue weighted by atomic mass is 32.2. The molecule has 0 unspecified atom stereocenters. The van der Waals surface area contributed by atoms with Gasteiger partial charge in [0, 0.05) is 13.1 Å². The van der Waals surface area contributed by atoms with E-state index in [1.807, 2.05) is 48.7 Å². The third kappa shape index (κ3) is 4.00. The fraction of sp³-hybridized carbons (Fsp3) is 0.316. The second-order valence-corrected chi connectivity index (χ2v) is 6.59. The van der Waals surface area contributed by atoms with Crippen LogP contribution in [0.1, 0.15) is 13.8 Å². The first kappa shape index (κ1) is 19.0. The molecule has 0 atom stereocenters. The molecule has 0 aliphatic rings. The van der Waals surface area contributed by atoms with Gasteiger partial charge in [0.25, 0.3) is 0 Å². The van der Waals surface area contributed by atoms with E-state index in [0.29, 0.717) is 35.6 Å². The van der Waals surface area contributed by atoms with Gasteiger partial charge in [-0.15, -0.1) is 10.2 Å². The molecule has 0 radical (unpaired) electrons. The Bertz CT molecular complexity index is 888. The molecule has 3 rings (SSSR count). The van der Waals surface area contributed by atoms with Crippen LogP contribution in [-0.4, -0.2) is 51.5 Å². The summed E-state index contributed by atoms with van der Waals surface area (Å²) in [7, 11) is 1.62. The summed E-state index contributed by atoms with van der Waals surface area (Å²) in [4.78, 5) is 14.2. The second kappa shape index (κ2) is 8.77. The fourth-order valence-corrected chi connectivity index (χ4v) is 3.60. The molecule has 0 saturated carbocycles. The van der Waals surface area contributed by atoms with Gasteiger partial charge >= 0.3 is 0 Å². The maximum absolute atomic E-state index is 12.4. The Balaban J connectivity index is 1.99. The molecule has 3 aromatic rings. The van der Waals surface area contributed by atoms with Crippen LogP contribution in [0.25, 0.3) is 17.3 Å². The van der Waals surface area contributed by atoms with Crippen LogP contribution in [0.15, 0.2) is 52.2 Å². The van der Waals surface area contributed by atoms with Crippen molar-refractivity contribution in [1.29, 1.82) is 0 Å². The number of ether oxygens (including phenoxy) is 1. The molecule has 142 valence electrons. The van der Waals surface area contributed by atoms with E-state index < -0.39 is 0 Å². The lowest BCUT2D eigenvalue weighted by Crippen LogP contribution is -2.31. The monoisotopic (exact) mass is 386 g/mol. The summed E-state index contributed by atoms with van der Waals surface area (Å²) in [6, 6.07) is 11.2. The van der Waals surface area contributed by atoms with Crippen LogP contribution in [0.5, 0.6) is 5.75 Å². The van der Waals surface area contributed by atoms with Crippen molar-refractivity contribution in [2.24, 2.45) is 0 Å². The Morgan fingerprint density at radius 1 is 1.19 bits per heavy atom. The zero-order chi connectivity index (χ0) is 19.2. The summed E-state index contributed by atoms with van der Waals surface area (Å²) in [6.45, 7) is 5.32. The number of furan rings is 1. The zero-order valence-corrected chi connectivity index (χ0v) is 16.4. The van der Waals surface area contributed by atoms with Crippen LogP contribution in [0.3, 0.4) is 0 Å². The summed E-state index contributed by atoms with van der Waals surface area (Å²) in [5.74, 6) is 2.19.